The predicted octanol–water partition coefficient (Wildman–Crippen LogP) is 2.28. The Balaban J connectivity index is 1.88. The number of thioether (sulfide) groups is 1. The molecule has 2 aliphatic rings. The van der Waals surface area contributed by atoms with Gasteiger partial charge in [0.2, 0.25) is 5.91 Å². The van der Waals surface area contributed by atoms with Crippen molar-refractivity contribution in [3.63, 3.8) is 0 Å². The fourth-order valence-corrected chi connectivity index (χ4v) is 4.42. The lowest BCUT2D eigenvalue weighted by molar-refractivity contribution is -0.141. The molecule has 1 aliphatic carbocycles. The van der Waals surface area contributed by atoms with Crippen molar-refractivity contribution in [2.24, 2.45) is 11.3 Å². The molecule has 5 heteroatoms. The fraction of sp³-hybridized carbons (Fsp3) is 0.857. The van der Waals surface area contributed by atoms with Gasteiger partial charge in [0.1, 0.15) is 0 Å². The van der Waals surface area contributed by atoms with Crippen LogP contribution >= 0.6 is 11.8 Å². The van der Waals surface area contributed by atoms with Gasteiger partial charge in [0.05, 0.1) is 6.42 Å². The maximum absolute atomic E-state index is 12.0. The van der Waals surface area contributed by atoms with Crippen LogP contribution in [0.15, 0.2) is 0 Å². The average molecular weight is 285 g/mol. The second kappa shape index (κ2) is 6.64. The van der Waals surface area contributed by atoms with Gasteiger partial charge in [-0.3, -0.25) is 9.59 Å². The summed E-state index contributed by atoms with van der Waals surface area (Å²) in [6, 6.07) is 0. The smallest absolute Gasteiger partial charge is 0.303 e. The summed E-state index contributed by atoms with van der Waals surface area (Å²) in [5.41, 5.74) is -0.203. The summed E-state index contributed by atoms with van der Waals surface area (Å²) in [5, 5.41) is 12.1. The van der Waals surface area contributed by atoms with Crippen molar-refractivity contribution in [2.45, 2.75) is 44.9 Å². The number of amides is 1. The minimum Gasteiger partial charge on any atom is -0.481 e. The van der Waals surface area contributed by atoms with Crippen molar-refractivity contribution in [1.29, 1.82) is 0 Å². The Morgan fingerprint density at radius 2 is 2.00 bits per heavy atom. The standard InChI is InChI=1S/C14H23NO3S/c16-12(17)8-14(5-2-1-3-6-14)10-15-13(18)11-4-7-19-9-11/h11H,1-10H2,(H,15,18)(H,16,17). The third-order valence-electron chi connectivity index (χ3n) is 4.38. The molecule has 108 valence electrons. The number of carboxylic acids is 1. The normalized spacial score (nSPS) is 26.0. The van der Waals surface area contributed by atoms with E-state index in [0.717, 1.165) is 43.6 Å². The van der Waals surface area contributed by atoms with E-state index in [0.29, 0.717) is 6.54 Å². The molecule has 2 rings (SSSR count). The lowest BCUT2D eigenvalue weighted by Crippen LogP contribution is -2.42. The molecule has 0 aromatic carbocycles. The highest BCUT2D eigenvalue weighted by Gasteiger charge is 2.35. The van der Waals surface area contributed by atoms with E-state index >= 15 is 0 Å². The van der Waals surface area contributed by atoms with Crippen molar-refractivity contribution in [1.82, 2.24) is 5.32 Å². The molecule has 1 saturated carbocycles. The van der Waals surface area contributed by atoms with Crippen LogP contribution in [0.4, 0.5) is 0 Å². The van der Waals surface area contributed by atoms with Gasteiger partial charge in [-0.25, -0.2) is 0 Å². The van der Waals surface area contributed by atoms with E-state index in [2.05, 4.69) is 5.32 Å². The third kappa shape index (κ3) is 4.13. The van der Waals surface area contributed by atoms with Gasteiger partial charge < -0.3 is 10.4 Å². The van der Waals surface area contributed by atoms with Crippen LogP contribution in [-0.4, -0.2) is 35.0 Å². The summed E-state index contributed by atoms with van der Waals surface area (Å²) in [6.45, 7) is 0.541. The summed E-state index contributed by atoms with van der Waals surface area (Å²) < 4.78 is 0. The molecule has 1 amide bonds. The van der Waals surface area contributed by atoms with E-state index in [-0.39, 0.29) is 23.7 Å². The first-order valence-corrected chi connectivity index (χ1v) is 8.34. The molecule has 1 atom stereocenters. The van der Waals surface area contributed by atoms with E-state index in [9.17, 15) is 9.59 Å². The quantitative estimate of drug-likeness (QED) is 0.813. The monoisotopic (exact) mass is 285 g/mol. The molecular formula is C14H23NO3S. The van der Waals surface area contributed by atoms with Crippen molar-refractivity contribution in [3.05, 3.63) is 0 Å². The number of rotatable bonds is 5. The number of carbonyl (C=O) groups is 2. The zero-order valence-electron chi connectivity index (χ0n) is 11.3. The van der Waals surface area contributed by atoms with Gasteiger partial charge in [0.25, 0.3) is 0 Å². The van der Waals surface area contributed by atoms with E-state index < -0.39 is 5.97 Å². The molecule has 4 nitrogen and oxygen atoms in total. The fourth-order valence-electron chi connectivity index (χ4n) is 3.20. The van der Waals surface area contributed by atoms with Gasteiger partial charge in [-0.05, 0) is 30.4 Å². The van der Waals surface area contributed by atoms with Crippen LogP contribution in [0.3, 0.4) is 0 Å². The van der Waals surface area contributed by atoms with Crippen LogP contribution in [0.2, 0.25) is 0 Å². The second-order valence-electron chi connectivity index (χ2n) is 5.91. The molecule has 0 aromatic rings. The Kier molecular flexibility index (Phi) is 5.13. The highest BCUT2D eigenvalue weighted by Crippen LogP contribution is 2.39. The highest BCUT2D eigenvalue weighted by molar-refractivity contribution is 7.99. The lowest BCUT2D eigenvalue weighted by Gasteiger charge is -2.36. The van der Waals surface area contributed by atoms with Crippen molar-refractivity contribution < 1.29 is 14.7 Å². The highest BCUT2D eigenvalue weighted by atomic mass is 32.2. The van der Waals surface area contributed by atoms with Crippen molar-refractivity contribution in [3.8, 4) is 0 Å². The van der Waals surface area contributed by atoms with Gasteiger partial charge in [-0.1, -0.05) is 19.3 Å². The average Bonchev–Trinajstić information content (AvgIpc) is 2.90. The molecule has 19 heavy (non-hydrogen) atoms. The zero-order valence-corrected chi connectivity index (χ0v) is 12.1. The number of hydrogen-bond acceptors (Lipinski definition) is 3. The van der Waals surface area contributed by atoms with Gasteiger partial charge in [-0.15, -0.1) is 0 Å². The third-order valence-corrected chi connectivity index (χ3v) is 5.54. The molecule has 1 heterocycles. The Bertz CT molecular complexity index is 334. The van der Waals surface area contributed by atoms with E-state index in [4.69, 9.17) is 5.11 Å². The summed E-state index contributed by atoms with van der Waals surface area (Å²) in [6.07, 6.45) is 6.37. The van der Waals surface area contributed by atoms with Gasteiger partial charge in [0, 0.05) is 18.2 Å². The molecule has 1 saturated heterocycles. The molecule has 0 radical (unpaired) electrons. The first-order chi connectivity index (χ1) is 9.11. The number of hydrogen-bond donors (Lipinski definition) is 2. The number of carbonyl (C=O) groups excluding carboxylic acids is 1. The maximum atomic E-state index is 12.0. The van der Waals surface area contributed by atoms with Crippen molar-refractivity contribution >= 4 is 23.6 Å². The summed E-state index contributed by atoms with van der Waals surface area (Å²) in [5.74, 6) is 1.50. The van der Waals surface area contributed by atoms with Gasteiger partial charge in [0.15, 0.2) is 0 Å². The first kappa shape index (κ1) is 14.7. The van der Waals surface area contributed by atoms with Crippen molar-refractivity contribution in [2.75, 3.05) is 18.1 Å². The largest absolute Gasteiger partial charge is 0.481 e. The number of nitrogens with one attached hydrogen (secondary N) is 1. The summed E-state index contributed by atoms with van der Waals surface area (Å²) in [7, 11) is 0. The lowest BCUT2D eigenvalue weighted by atomic mass is 9.71. The Hall–Kier alpha value is -0.710. The SMILES string of the molecule is O=C(O)CC1(CNC(=O)C2CCSC2)CCCCC1. The minimum absolute atomic E-state index is 0.125. The van der Waals surface area contributed by atoms with Crippen LogP contribution in [0.25, 0.3) is 0 Å². The number of aliphatic carboxylic acids is 1. The van der Waals surface area contributed by atoms with Crippen LogP contribution in [0.1, 0.15) is 44.9 Å². The van der Waals surface area contributed by atoms with Gasteiger partial charge >= 0.3 is 5.97 Å². The molecule has 0 bridgehead atoms. The van der Waals surface area contributed by atoms with Crippen LogP contribution in [-0.2, 0) is 9.59 Å². The number of carboxylic acid groups (broad SMARTS) is 1. The summed E-state index contributed by atoms with van der Waals surface area (Å²) in [4.78, 5) is 23.1. The van der Waals surface area contributed by atoms with E-state index in [1.807, 2.05) is 11.8 Å². The van der Waals surface area contributed by atoms with Gasteiger partial charge in [-0.2, -0.15) is 11.8 Å². The topological polar surface area (TPSA) is 66.4 Å². The second-order valence-corrected chi connectivity index (χ2v) is 7.06. The molecule has 0 spiro atoms. The molecule has 1 unspecified atom stereocenters. The predicted molar refractivity (Wildman–Crippen MR) is 76.2 cm³/mol. The zero-order chi connectivity index (χ0) is 13.7. The van der Waals surface area contributed by atoms with Crippen LogP contribution < -0.4 is 5.32 Å². The molecule has 2 N–H and O–H groups in total. The Labute approximate surface area is 118 Å². The van der Waals surface area contributed by atoms with E-state index in [1.54, 1.807) is 0 Å². The van der Waals surface area contributed by atoms with Crippen LogP contribution in [0.5, 0.6) is 0 Å². The Morgan fingerprint density at radius 1 is 1.26 bits per heavy atom. The summed E-state index contributed by atoms with van der Waals surface area (Å²) >= 11 is 1.83. The molecule has 1 aliphatic heterocycles. The molecular weight excluding hydrogens is 262 g/mol. The maximum Gasteiger partial charge on any atom is 0.303 e. The first-order valence-electron chi connectivity index (χ1n) is 7.19. The van der Waals surface area contributed by atoms with E-state index in [1.165, 1.54) is 6.42 Å². The molecule has 0 aromatic heterocycles. The minimum atomic E-state index is -0.743. The van der Waals surface area contributed by atoms with Crippen LogP contribution in [0, 0.1) is 11.3 Å². The Morgan fingerprint density at radius 3 is 2.58 bits per heavy atom. The molecule has 2 fully saturated rings.